The Labute approximate surface area is 189 Å². The van der Waals surface area contributed by atoms with Crippen LogP contribution in [0.4, 0.5) is 4.39 Å². The van der Waals surface area contributed by atoms with E-state index >= 15 is 0 Å². The van der Waals surface area contributed by atoms with Crippen LogP contribution in [0, 0.1) is 5.82 Å². The first-order valence-electron chi connectivity index (χ1n) is 10.4. The van der Waals surface area contributed by atoms with Gasteiger partial charge in [-0.15, -0.1) is 0 Å². The number of hydrazone groups is 1. The molecular weight excluding hydrogens is 427 g/mol. The minimum Gasteiger partial charge on any atom is -0.493 e. The molecule has 0 saturated heterocycles. The first-order valence-corrected chi connectivity index (χ1v) is 10.4. The van der Waals surface area contributed by atoms with Crippen molar-refractivity contribution in [2.24, 2.45) is 5.10 Å². The van der Waals surface area contributed by atoms with Crippen LogP contribution in [0.2, 0.25) is 0 Å². The zero-order valence-corrected chi connectivity index (χ0v) is 18.0. The summed E-state index contributed by atoms with van der Waals surface area (Å²) >= 11 is 0. The largest absolute Gasteiger partial charge is 0.493 e. The van der Waals surface area contributed by atoms with Crippen LogP contribution in [0.5, 0.6) is 17.2 Å². The molecule has 0 radical (unpaired) electrons. The summed E-state index contributed by atoms with van der Waals surface area (Å²) in [4.78, 5) is 12.3. The molecule has 0 bridgehead atoms. The third kappa shape index (κ3) is 3.44. The highest BCUT2D eigenvalue weighted by Crippen LogP contribution is 2.49. The van der Waals surface area contributed by atoms with Gasteiger partial charge in [-0.3, -0.25) is 0 Å². The van der Waals surface area contributed by atoms with Gasteiger partial charge >= 0.3 is 5.97 Å². The molecule has 0 aromatic heterocycles. The van der Waals surface area contributed by atoms with Gasteiger partial charge in [-0.25, -0.2) is 14.2 Å². The second-order valence-corrected chi connectivity index (χ2v) is 7.73. The lowest BCUT2D eigenvalue weighted by atomic mass is 9.95. The summed E-state index contributed by atoms with van der Waals surface area (Å²) in [5.74, 6) is -0.406. The molecule has 0 spiro atoms. The third-order valence-electron chi connectivity index (χ3n) is 5.93. The fraction of sp³-hybridized carbons (Fsp3) is 0.200. The van der Waals surface area contributed by atoms with Gasteiger partial charge < -0.3 is 19.3 Å². The van der Waals surface area contributed by atoms with E-state index in [4.69, 9.17) is 19.3 Å². The second-order valence-electron chi connectivity index (χ2n) is 7.73. The maximum atomic E-state index is 13.5. The predicted molar refractivity (Wildman–Crippen MR) is 118 cm³/mol. The summed E-state index contributed by atoms with van der Waals surface area (Å²) < 4.78 is 30.4. The normalized spacial score (nSPS) is 18.6. The Morgan fingerprint density at radius 1 is 1.06 bits per heavy atom. The highest BCUT2D eigenvalue weighted by Gasteiger charge is 2.43. The number of carbonyl (C=O) groups is 1. The lowest BCUT2D eigenvalue weighted by Crippen LogP contribution is -2.34. The average molecular weight is 448 g/mol. The van der Waals surface area contributed by atoms with Crippen LogP contribution in [-0.4, -0.2) is 36.0 Å². The molecule has 0 fully saturated rings. The smallest absolute Gasteiger partial charge is 0.340 e. The number of nitrogens with zero attached hydrogens (tertiary/aromatic N) is 2. The summed E-state index contributed by atoms with van der Waals surface area (Å²) in [5, 5.41) is 16.6. The predicted octanol–water partition coefficient (Wildman–Crippen LogP) is 4.78. The van der Waals surface area contributed by atoms with Crippen LogP contribution in [0.3, 0.4) is 0 Å². The van der Waals surface area contributed by atoms with Gasteiger partial charge in [-0.2, -0.15) is 5.10 Å². The fourth-order valence-corrected chi connectivity index (χ4v) is 4.42. The summed E-state index contributed by atoms with van der Waals surface area (Å²) in [5.41, 5.74) is 2.86. The number of benzene rings is 3. The van der Waals surface area contributed by atoms with E-state index in [0.29, 0.717) is 23.5 Å². The van der Waals surface area contributed by atoms with Gasteiger partial charge in [0.05, 0.1) is 26.0 Å². The Bertz CT molecular complexity index is 1260. The summed E-state index contributed by atoms with van der Waals surface area (Å²) in [6, 6.07) is 16.9. The first kappa shape index (κ1) is 20.8. The van der Waals surface area contributed by atoms with Gasteiger partial charge in [0, 0.05) is 17.5 Å². The van der Waals surface area contributed by atoms with Gasteiger partial charge in [0.1, 0.15) is 17.1 Å². The Hall–Kier alpha value is -4.07. The number of methoxy groups -OCH3 is 2. The van der Waals surface area contributed by atoms with E-state index in [-0.39, 0.29) is 23.2 Å². The number of halogens is 1. The zero-order chi connectivity index (χ0) is 23.1. The molecule has 8 heteroatoms. The van der Waals surface area contributed by atoms with Crippen molar-refractivity contribution in [3.8, 4) is 17.2 Å². The molecule has 0 aliphatic carbocycles. The molecule has 1 N–H and O–H groups in total. The van der Waals surface area contributed by atoms with Crippen molar-refractivity contribution in [2.45, 2.75) is 18.7 Å². The number of hydrogen-bond donors (Lipinski definition) is 1. The van der Waals surface area contributed by atoms with E-state index in [1.807, 2.05) is 24.3 Å². The van der Waals surface area contributed by atoms with Gasteiger partial charge in [0.25, 0.3) is 0 Å². The van der Waals surface area contributed by atoms with Crippen LogP contribution in [-0.2, 0) is 0 Å². The molecule has 2 aliphatic rings. The van der Waals surface area contributed by atoms with Crippen LogP contribution in [0.15, 0.2) is 65.8 Å². The zero-order valence-electron chi connectivity index (χ0n) is 18.0. The molecule has 2 atom stereocenters. The van der Waals surface area contributed by atoms with Crippen LogP contribution in [0.1, 0.15) is 45.7 Å². The Kier molecular flexibility index (Phi) is 5.12. The highest BCUT2D eigenvalue weighted by molar-refractivity contribution is 6.02. The summed E-state index contributed by atoms with van der Waals surface area (Å²) in [6.07, 6.45) is -0.244. The monoisotopic (exact) mass is 448 g/mol. The Morgan fingerprint density at radius 2 is 1.82 bits per heavy atom. The van der Waals surface area contributed by atoms with Crippen molar-refractivity contribution in [1.29, 1.82) is 0 Å². The maximum Gasteiger partial charge on any atom is 0.340 e. The molecule has 0 amide bonds. The number of fused-ring (bicyclic) bond motifs is 3. The molecule has 2 aliphatic heterocycles. The molecule has 3 aromatic carbocycles. The first-order chi connectivity index (χ1) is 16.0. The van der Waals surface area contributed by atoms with E-state index < -0.39 is 12.2 Å². The molecule has 5 rings (SSSR count). The second kappa shape index (κ2) is 8.12. The van der Waals surface area contributed by atoms with Gasteiger partial charge in [0.2, 0.25) is 6.23 Å². The third-order valence-corrected chi connectivity index (χ3v) is 5.93. The molecule has 168 valence electrons. The Morgan fingerprint density at radius 3 is 2.52 bits per heavy atom. The minimum atomic E-state index is -1.17. The van der Waals surface area contributed by atoms with Crippen molar-refractivity contribution in [3.63, 3.8) is 0 Å². The van der Waals surface area contributed by atoms with E-state index in [1.165, 1.54) is 26.4 Å². The van der Waals surface area contributed by atoms with E-state index in [0.717, 1.165) is 16.8 Å². The summed E-state index contributed by atoms with van der Waals surface area (Å²) in [6.45, 7) is 0. The summed E-state index contributed by atoms with van der Waals surface area (Å²) in [7, 11) is 2.85. The molecule has 3 aromatic rings. The van der Waals surface area contributed by atoms with Crippen molar-refractivity contribution < 1.29 is 28.5 Å². The van der Waals surface area contributed by atoms with E-state index in [1.54, 1.807) is 29.3 Å². The molecule has 33 heavy (non-hydrogen) atoms. The lowest BCUT2D eigenvalue weighted by Gasteiger charge is -2.38. The van der Waals surface area contributed by atoms with Crippen molar-refractivity contribution in [3.05, 3.63) is 88.7 Å². The van der Waals surface area contributed by atoms with Crippen molar-refractivity contribution >= 4 is 11.7 Å². The molecule has 7 nitrogen and oxygen atoms in total. The van der Waals surface area contributed by atoms with Crippen molar-refractivity contribution in [1.82, 2.24) is 5.01 Å². The number of ether oxygens (including phenoxy) is 3. The lowest BCUT2D eigenvalue weighted by molar-refractivity contribution is -0.0199. The SMILES string of the molecule is COc1ccc([C@@H]2Oc3ccccc3[C@@H]3CC(c4ccc(F)cc4)=NN32)c(C(=O)O)c1OC. The highest BCUT2D eigenvalue weighted by atomic mass is 19.1. The number of para-hydroxylation sites is 1. The minimum absolute atomic E-state index is 0.0505. The van der Waals surface area contributed by atoms with Gasteiger partial charge in [-0.1, -0.05) is 30.3 Å². The number of carboxylic acid groups (broad SMARTS) is 1. The topological polar surface area (TPSA) is 80.6 Å². The number of rotatable bonds is 5. The van der Waals surface area contributed by atoms with Gasteiger partial charge in [0.15, 0.2) is 11.5 Å². The van der Waals surface area contributed by atoms with Gasteiger partial charge in [-0.05, 0) is 35.9 Å². The fourth-order valence-electron chi connectivity index (χ4n) is 4.42. The van der Waals surface area contributed by atoms with Crippen LogP contribution >= 0.6 is 0 Å². The maximum absolute atomic E-state index is 13.5. The van der Waals surface area contributed by atoms with Crippen LogP contribution in [0.25, 0.3) is 0 Å². The Balaban J connectivity index is 1.66. The number of aromatic carboxylic acids is 1. The number of carboxylic acids is 1. The van der Waals surface area contributed by atoms with E-state index in [2.05, 4.69) is 0 Å². The van der Waals surface area contributed by atoms with Crippen molar-refractivity contribution in [2.75, 3.05) is 14.2 Å². The quantitative estimate of drug-likeness (QED) is 0.605. The molecule has 0 unspecified atom stereocenters. The average Bonchev–Trinajstić information content (AvgIpc) is 3.28. The van der Waals surface area contributed by atoms with E-state index in [9.17, 15) is 14.3 Å². The van der Waals surface area contributed by atoms with Crippen LogP contribution < -0.4 is 14.2 Å². The molecule has 2 heterocycles. The molecule has 0 saturated carbocycles. The number of hydrogen-bond acceptors (Lipinski definition) is 6. The molecular formula is C25H21FN2O5. The standard InChI is InChI=1S/C25H21FN2O5/c1-31-21-12-11-17(22(25(29)30)23(21)32-2)24-28-19(16-5-3-4-6-20(16)33-24)13-18(27-28)14-7-9-15(26)10-8-14/h3-12,19,24H,13H2,1-2H3,(H,29,30)/t19-,24-/m0/s1.